The summed E-state index contributed by atoms with van der Waals surface area (Å²) in [6.07, 6.45) is 0. The lowest BCUT2D eigenvalue weighted by Gasteiger charge is -2.27. The second kappa shape index (κ2) is 11.0. The zero-order valence-electron chi connectivity index (χ0n) is 20.5. The number of aryl methyl sites for hydroxylation is 1. The van der Waals surface area contributed by atoms with Crippen molar-refractivity contribution < 1.29 is 18.4 Å². The minimum Gasteiger partial charge on any atom is -0.321 e. The summed E-state index contributed by atoms with van der Waals surface area (Å²) in [5.74, 6) is -0.666. The first-order valence-electron chi connectivity index (χ1n) is 11.3. The molecule has 0 bridgehead atoms. The molecule has 0 radical (unpaired) electrons. The van der Waals surface area contributed by atoms with Crippen LogP contribution in [0.2, 0.25) is 0 Å². The number of rotatable bonds is 6. The normalized spacial score (nSPS) is 12.4. The van der Waals surface area contributed by atoms with Gasteiger partial charge in [-0.1, -0.05) is 30.3 Å². The molecule has 0 fully saturated rings. The number of nitrogens with one attached hydrogen (secondary N) is 2. The van der Waals surface area contributed by atoms with Gasteiger partial charge in [-0.15, -0.1) is 0 Å². The SMILES string of the molecule is Cc1ccc(NC(=O)N(C)C(C)c2ccc(F)cc2)cc1NC(=O)N(C)C(C)c1ccc(F)cc1. The van der Waals surface area contributed by atoms with Crippen LogP contribution >= 0.6 is 0 Å². The van der Waals surface area contributed by atoms with E-state index in [2.05, 4.69) is 10.6 Å². The van der Waals surface area contributed by atoms with Gasteiger partial charge in [0.05, 0.1) is 12.1 Å². The van der Waals surface area contributed by atoms with Crippen LogP contribution in [0.25, 0.3) is 0 Å². The van der Waals surface area contributed by atoms with Crippen molar-refractivity contribution in [2.24, 2.45) is 0 Å². The highest BCUT2D eigenvalue weighted by Gasteiger charge is 2.20. The number of halogens is 2. The van der Waals surface area contributed by atoms with Crippen LogP contribution in [0.5, 0.6) is 0 Å². The molecule has 2 unspecified atom stereocenters. The Morgan fingerprint density at radius 3 is 1.60 bits per heavy atom. The minimum absolute atomic E-state index is 0.276. The van der Waals surface area contributed by atoms with Crippen LogP contribution in [-0.4, -0.2) is 36.0 Å². The van der Waals surface area contributed by atoms with E-state index in [4.69, 9.17) is 0 Å². The number of hydrogen-bond donors (Lipinski definition) is 2. The predicted octanol–water partition coefficient (Wildman–Crippen LogP) is 6.72. The molecule has 0 aliphatic carbocycles. The summed E-state index contributed by atoms with van der Waals surface area (Å²) in [5.41, 5.74) is 3.51. The molecule has 6 nitrogen and oxygen atoms in total. The van der Waals surface area contributed by atoms with Crippen molar-refractivity contribution >= 4 is 23.4 Å². The Kier molecular flexibility index (Phi) is 8.06. The van der Waals surface area contributed by atoms with Crippen molar-refractivity contribution in [3.05, 3.63) is 95.1 Å². The van der Waals surface area contributed by atoms with Gasteiger partial charge in [0, 0.05) is 25.5 Å². The third-order valence-electron chi connectivity index (χ3n) is 6.24. The number of urea groups is 2. The lowest BCUT2D eigenvalue weighted by atomic mass is 10.1. The minimum atomic E-state index is -0.343. The Labute approximate surface area is 204 Å². The van der Waals surface area contributed by atoms with E-state index in [1.807, 2.05) is 20.8 Å². The Balaban J connectivity index is 1.67. The highest BCUT2D eigenvalue weighted by atomic mass is 19.1. The van der Waals surface area contributed by atoms with E-state index in [0.717, 1.165) is 16.7 Å². The zero-order valence-corrected chi connectivity index (χ0v) is 20.5. The molecule has 0 aliphatic rings. The van der Waals surface area contributed by atoms with Crippen LogP contribution < -0.4 is 10.6 Å². The standard InChI is InChI=1S/C27H30F2N4O2/c1-17-6-15-24(30-26(34)32(4)18(2)20-7-11-22(28)12-8-20)16-25(17)31-27(35)33(5)19(3)21-9-13-23(29)14-10-21/h6-16,18-19H,1-5H3,(H,30,34)(H,31,35). The fourth-order valence-corrected chi connectivity index (χ4v) is 3.53. The van der Waals surface area contributed by atoms with Crippen LogP contribution in [0.15, 0.2) is 66.7 Å². The maximum Gasteiger partial charge on any atom is 0.322 e. The van der Waals surface area contributed by atoms with E-state index in [-0.39, 0.29) is 35.8 Å². The predicted molar refractivity (Wildman–Crippen MR) is 134 cm³/mol. The summed E-state index contributed by atoms with van der Waals surface area (Å²) in [6.45, 7) is 5.56. The molecule has 0 heterocycles. The number of anilines is 2. The summed E-state index contributed by atoms with van der Waals surface area (Å²) in [6, 6.07) is 16.1. The highest BCUT2D eigenvalue weighted by Crippen LogP contribution is 2.25. The Morgan fingerprint density at radius 1 is 0.714 bits per heavy atom. The number of carbonyl (C=O) groups is 2. The maximum absolute atomic E-state index is 13.2. The molecular formula is C27H30F2N4O2. The number of nitrogens with zero attached hydrogens (tertiary/aromatic N) is 2. The number of benzene rings is 3. The summed E-state index contributed by atoms with van der Waals surface area (Å²) in [5, 5.41) is 5.72. The first-order valence-corrected chi connectivity index (χ1v) is 11.3. The largest absolute Gasteiger partial charge is 0.322 e. The van der Waals surface area contributed by atoms with Gasteiger partial charge >= 0.3 is 12.1 Å². The van der Waals surface area contributed by atoms with Crippen molar-refractivity contribution in [1.82, 2.24) is 9.80 Å². The van der Waals surface area contributed by atoms with Gasteiger partial charge in [0.15, 0.2) is 0 Å². The van der Waals surface area contributed by atoms with Gasteiger partial charge in [0.25, 0.3) is 0 Å². The monoisotopic (exact) mass is 480 g/mol. The van der Waals surface area contributed by atoms with Crippen LogP contribution in [0.1, 0.15) is 42.6 Å². The van der Waals surface area contributed by atoms with Gasteiger partial charge in [-0.05, 0) is 73.9 Å². The van der Waals surface area contributed by atoms with Gasteiger partial charge in [-0.2, -0.15) is 0 Å². The van der Waals surface area contributed by atoms with Crippen molar-refractivity contribution in [3.8, 4) is 0 Å². The molecule has 0 spiro atoms. The van der Waals surface area contributed by atoms with E-state index in [1.54, 1.807) is 56.6 Å². The molecule has 2 atom stereocenters. The Hall–Kier alpha value is -3.94. The quantitative estimate of drug-likeness (QED) is 0.411. The summed E-state index contributed by atoms with van der Waals surface area (Å²) >= 11 is 0. The second-order valence-electron chi connectivity index (χ2n) is 8.57. The number of hydrogen-bond acceptors (Lipinski definition) is 2. The van der Waals surface area contributed by atoms with Crippen LogP contribution in [0.4, 0.5) is 29.7 Å². The van der Waals surface area contributed by atoms with Crippen LogP contribution in [0, 0.1) is 18.6 Å². The molecule has 3 aromatic carbocycles. The van der Waals surface area contributed by atoms with Gasteiger partial charge in [-0.3, -0.25) is 0 Å². The molecule has 0 saturated heterocycles. The van der Waals surface area contributed by atoms with E-state index >= 15 is 0 Å². The van der Waals surface area contributed by atoms with E-state index in [9.17, 15) is 18.4 Å². The zero-order chi connectivity index (χ0) is 25.7. The number of carbonyl (C=O) groups excluding carboxylic acids is 2. The van der Waals surface area contributed by atoms with Crippen LogP contribution in [0.3, 0.4) is 0 Å². The lowest BCUT2D eigenvalue weighted by molar-refractivity contribution is 0.208. The third-order valence-corrected chi connectivity index (χ3v) is 6.24. The molecule has 184 valence electrons. The average molecular weight is 481 g/mol. The van der Waals surface area contributed by atoms with Crippen molar-refractivity contribution in [3.63, 3.8) is 0 Å². The molecule has 0 aromatic heterocycles. The molecule has 0 aliphatic heterocycles. The average Bonchev–Trinajstić information content (AvgIpc) is 2.85. The molecule has 3 aromatic rings. The van der Waals surface area contributed by atoms with E-state index < -0.39 is 0 Å². The molecule has 4 amide bonds. The van der Waals surface area contributed by atoms with Crippen LogP contribution in [-0.2, 0) is 0 Å². The Bertz CT molecular complexity index is 1180. The number of amides is 4. The van der Waals surface area contributed by atoms with Crippen molar-refractivity contribution in [2.75, 3.05) is 24.7 Å². The second-order valence-corrected chi connectivity index (χ2v) is 8.57. The third kappa shape index (κ3) is 6.35. The first-order chi connectivity index (χ1) is 16.6. The smallest absolute Gasteiger partial charge is 0.321 e. The fourth-order valence-electron chi connectivity index (χ4n) is 3.53. The molecular weight excluding hydrogens is 450 g/mol. The first kappa shape index (κ1) is 25.7. The lowest BCUT2D eigenvalue weighted by Crippen LogP contribution is -2.34. The van der Waals surface area contributed by atoms with Crippen molar-refractivity contribution in [2.45, 2.75) is 32.9 Å². The Morgan fingerprint density at radius 2 is 1.14 bits per heavy atom. The topological polar surface area (TPSA) is 64.7 Å². The van der Waals surface area contributed by atoms with Crippen molar-refractivity contribution in [1.29, 1.82) is 0 Å². The van der Waals surface area contributed by atoms with Gasteiger partial charge in [0.1, 0.15) is 11.6 Å². The molecule has 3 rings (SSSR count). The molecule has 2 N–H and O–H groups in total. The maximum atomic E-state index is 13.2. The highest BCUT2D eigenvalue weighted by molar-refractivity contribution is 5.93. The molecule has 35 heavy (non-hydrogen) atoms. The van der Waals surface area contributed by atoms with E-state index in [1.165, 1.54) is 34.1 Å². The molecule has 8 heteroatoms. The summed E-state index contributed by atoms with van der Waals surface area (Å²) in [7, 11) is 3.32. The fraction of sp³-hybridized carbons (Fsp3) is 0.259. The van der Waals surface area contributed by atoms with Gasteiger partial charge < -0.3 is 20.4 Å². The molecule has 0 saturated carbocycles. The summed E-state index contributed by atoms with van der Waals surface area (Å²) < 4.78 is 26.4. The van der Waals surface area contributed by atoms with E-state index in [0.29, 0.717) is 11.4 Å². The van der Waals surface area contributed by atoms with Gasteiger partial charge in [0.2, 0.25) is 0 Å². The summed E-state index contributed by atoms with van der Waals surface area (Å²) in [4.78, 5) is 28.7. The van der Waals surface area contributed by atoms with Gasteiger partial charge in [-0.25, -0.2) is 18.4 Å².